The normalized spacial score (nSPS) is 16.3. The van der Waals surface area contributed by atoms with Crippen LogP contribution < -0.4 is 4.90 Å². The highest BCUT2D eigenvalue weighted by Gasteiger charge is 2.20. The van der Waals surface area contributed by atoms with Gasteiger partial charge >= 0.3 is 0 Å². The third-order valence-corrected chi connectivity index (χ3v) is 5.00. The maximum absolute atomic E-state index is 4.41. The molecule has 7 nitrogen and oxygen atoms in total. The second-order valence-electron chi connectivity index (χ2n) is 5.84. The number of nitrogens with zero attached hydrogens (tertiary/aromatic N) is 7. The Kier molecular flexibility index (Phi) is 3.70. The van der Waals surface area contributed by atoms with Crippen molar-refractivity contribution in [3.63, 3.8) is 0 Å². The van der Waals surface area contributed by atoms with Crippen molar-refractivity contribution in [1.29, 1.82) is 0 Å². The SMILES string of the molecule is Cc1cc(N2CCN(Cc3cnc(C)s3)CC2)n2ncnc2n1. The summed E-state index contributed by atoms with van der Waals surface area (Å²) in [5.41, 5.74) is 0.975. The fourth-order valence-electron chi connectivity index (χ4n) is 2.97. The van der Waals surface area contributed by atoms with Crippen LogP contribution >= 0.6 is 11.3 Å². The van der Waals surface area contributed by atoms with E-state index in [1.165, 1.54) is 4.88 Å². The van der Waals surface area contributed by atoms with Crippen LogP contribution in [0, 0.1) is 13.8 Å². The molecule has 3 aromatic rings. The zero-order chi connectivity index (χ0) is 15.8. The first kappa shape index (κ1) is 14.5. The number of piperazine rings is 1. The van der Waals surface area contributed by atoms with Crippen LogP contribution in [0.15, 0.2) is 18.6 Å². The Bertz CT molecular complexity index is 816. The minimum atomic E-state index is 0.669. The molecule has 23 heavy (non-hydrogen) atoms. The van der Waals surface area contributed by atoms with Gasteiger partial charge in [-0.3, -0.25) is 4.90 Å². The number of hydrogen-bond donors (Lipinski definition) is 0. The Hall–Kier alpha value is -2.06. The molecule has 0 saturated carbocycles. The molecule has 1 fully saturated rings. The van der Waals surface area contributed by atoms with Gasteiger partial charge in [0.25, 0.3) is 5.78 Å². The van der Waals surface area contributed by atoms with Gasteiger partial charge in [-0.25, -0.2) is 9.97 Å². The van der Waals surface area contributed by atoms with Crippen molar-refractivity contribution < 1.29 is 0 Å². The first-order valence-corrected chi connectivity index (χ1v) is 8.57. The van der Waals surface area contributed by atoms with E-state index in [1.54, 1.807) is 17.7 Å². The van der Waals surface area contributed by atoms with E-state index in [1.807, 2.05) is 17.6 Å². The lowest BCUT2D eigenvalue weighted by atomic mass is 10.3. The van der Waals surface area contributed by atoms with Crippen molar-refractivity contribution in [3.8, 4) is 0 Å². The van der Waals surface area contributed by atoms with E-state index >= 15 is 0 Å². The quantitative estimate of drug-likeness (QED) is 0.726. The van der Waals surface area contributed by atoms with Crippen molar-refractivity contribution in [2.24, 2.45) is 0 Å². The molecule has 0 atom stereocenters. The van der Waals surface area contributed by atoms with E-state index in [0.29, 0.717) is 5.78 Å². The van der Waals surface area contributed by atoms with E-state index in [0.717, 1.165) is 49.2 Å². The molecule has 0 N–H and O–H groups in total. The molecule has 1 aliphatic rings. The highest BCUT2D eigenvalue weighted by Crippen LogP contribution is 2.20. The monoisotopic (exact) mass is 329 g/mol. The van der Waals surface area contributed by atoms with E-state index in [9.17, 15) is 0 Å². The van der Waals surface area contributed by atoms with E-state index < -0.39 is 0 Å². The molecule has 0 aromatic carbocycles. The van der Waals surface area contributed by atoms with Crippen LogP contribution in [0.1, 0.15) is 15.6 Å². The van der Waals surface area contributed by atoms with Crippen molar-refractivity contribution in [2.45, 2.75) is 20.4 Å². The zero-order valence-corrected chi connectivity index (χ0v) is 14.1. The van der Waals surface area contributed by atoms with Crippen LogP contribution in [0.3, 0.4) is 0 Å². The third kappa shape index (κ3) is 2.91. The van der Waals surface area contributed by atoms with Crippen molar-refractivity contribution in [3.05, 3.63) is 34.2 Å². The second-order valence-corrected chi connectivity index (χ2v) is 7.16. The van der Waals surface area contributed by atoms with Gasteiger partial charge in [-0.2, -0.15) is 14.6 Å². The first-order chi connectivity index (χ1) is 11.2. The Morgan fingerprint density at radius 1 is 1.13 bits per heavy atom. The fourth-order valence-corrected chi connectivity index (χ4v) is 3.81. The van der Waals surface area contributed by atoms with Gasteiger partial charge < -0.3 is 4.90 Å². The van der Waals surface area contributed by atoms with E-state index in [4.69, 9.17) is 0 Å². The standard InChI is InChI=1S/C15H19N7S/c1-11-7-14(22-15(19-11)17-10-18-22)21-5-3-20(4-6-21)9-13-8-16-12(2)23-13/h7-8,10H,3-6,9H2,1-2H3. The Labute approximate surface area is 138 Å². The molecule has 0 spiro atoms. The molecule has 3 aromatic heterocycles. The average molecular weight is 329 g/mol. The number of anilines is 1. The predicted octanol–water partition coefficient (Wildman–Crippen LogP) is 1.52. The summed E-state index contributed by atoms with van der Waals surface area (Å²) in [5, 5.41) is 5.44. The van der Waals surface area contributed by atoms with E-state index in [2.05, 4.69) is 42.8 Å². The van der Waals surface area contributed by atoms with Crippen LogP contribution in [0.5, 0.6) is 0 Å². The number of fused-ring (bicyclic) bond motifs is 1. The van der Waals surface area contributed by atoms with Crippen LogP contribution in [0.2, 0.25) is 0 Å². The lowest BCUT2D eigenvalue weighted by Gasteiger charge is -2.35. The highest BCUT2D eigenvalue weighted by molar-refractivity contribution is 7.11. The second kappa shape index (κ2) is 5.86. The van der Waals surface area contributed by atoms with E-state index in [-0.39, 0.29) is 0 Å². The van der Waals surface area contributed by atoms with Gasteiger partial charge in [0.05, 0.1) is 5.01 Å². The molecule has 0 amide bonds. The lowest BCUT2D eigenvalue weighted by molar-refractivity contribution is 0.251. The third-order valence-electron chi connectivity index (χ3n) is 4.11. The molecule has 8 heteroatoms. The minimum absolute atomic E-state index is 0.669. The summed E-state index contributed by atoms with van der Waals surface area (Å²) in [6, 6.07) is 2.09. The fraction of sp³-hybridized carbons (Fsp3) is 0.467. The molecule has 4 rings (SSSR count). The van der Waals surface area contributed by atoms with Crippen LogP contribution in [-0.2, 0) is 6.54 Å². The maximum Gasteiger partial charge on any atom is 0.254 e. The summed E-state index contributed by atoms with van der Waals surface area (Å²) < 4.78 is 1.83. The molecule has 0 bridgehead atoms. The number of hydrogen-bond acceptors (Lipinski definition) is 7. The number of aromatic nitrogens is 5. The highest BCUT2D eigenvalue weighted by atomic mass is 32.1. The largest absolute Gasteiger partial charge is 0.354 e. The Morgan fingerprint density at radius 2 is 1.96 bits per heavy atom. The molecule has 1 aliphatic heterocycles. The summed E-state index contributed by atoms with van der Waals surface area (Å²) in [5.74, 6) is 1.75. The lowest BCUT2D eigenvalue weighted by Crippen LogP contribution is -2.46. The summed E-state index contributed by atoms with van der Waals surface area (Å²) in [6.45, 7) is 9.09. The molecule has 0 unspecified atom stereocenters. The number of thiazole rings is 1. The molecule has 120 valence electrons. The van der Waals surface area contributed by atoms with Gasteiger partial charge in [-0.15, -0.1) is 11.3 Å². The summed E-state index contributed by atoms with van der Waals surface area (Å²) in [4.78, 5) is 19.1. The molecule has 4 heterocycles. The molecule has 1 saturated heterocycles. The van der Waals surface area contributed by atoms with Crippen LogP contribution in [0.25, 0.3) is 5.78 Å². The minimum Gasteiger partial charge on any atom is -0.354 e. The first-order valence-electron chi connectivity index (χ1n) is 7.75. The van der Waals surface area contributed by atoms with Crippen molar-refractivity contribution in [2.75, 3.05) is 31.1 Å². The summed E-state index contributed by atoms with van der Waals surface area (Å²) in [7, 11) is 0. The molecular weight excluding hydrogens is 310 g/mol. The number of rotatable bonds is 3. The molecular formula is C15H19N7S. The van der Waals surface area contributed by atoms with Crippen molar-refractivity contribution in [1.82, 2.24) is 29.5 Å². The average Bonchev–Trinajstić information content (AvgIpc) is 3.16. The molecule has 0 radical (unpaired) electrons. The number of aryl methyl sites for hydroxylation is 2. The van der Waals surface area contributed by atoms with Gasteiger partial charge in [-0.05, 0) is 13.8 Å². The predicted molar refractivity (Wildman–Crippen MR) is 89.9 cm³/mol. The van der Waals surface area contributed by atoms with Gasteiger partial charge in [0.15, 0.2) is 0 Å². The van der Waals surface area contributed by atoms with Gasteiger partial charge in [0, 0.05) is 55.6 Å². The van der Waals surface area contributed by atoms with Crippen molar-refractivity contribution >= 4 is 22.9 Å². The maximum atomic E-state index is 4.41. The Balaban J connectivity index is 1.47. The summed E-state index contributed by atoms with van der Waals surface area (Å²) >= 11 is 1.79. The topological polar surface area (TPSA) is 62.5 Å². The van der Waals surface area contributed by atoms with Crippen LogP contribution in [0.4, 0.5) is 5.82 Å². The van der Waals surface area contributed by atoms with Gasteiger partial charge in [0.1, 0.15) is 12.1 Å². The zero-order valence-electron chi connectivity index (χ0n) is 13.3. The van der Waals surface area contributed by atoms with Crippen LogP contribution in [-0.4, -0.2) is 55.6 Å². The Morgan fingerprint density at radius 3 is 2.70 bits per heavy atom. The smallest absolute Gasteiger partial charge is 0.254 e. The van der Waals surface area contributed by atoms with Gasteiger partial charge in [0.2, 0.25) is 0 Å². The van der Waals surface area contributed by atoms with Gasteiger partial charge in [-0.1, -0.05) is 0 Å². The molecule has 0 aliphatic carbocycles. The summed E-state index contributed by atoms with van der Waals surface area (Å²) in [6.07, 6.45) is 3.56.